The normalized spacial score (nSPS) is 33.2. The summed E-state index contributed by atoms with van der Waals surface area (Å²) in [4.78, 5) is 3.96. The second-order valence-electron chi connectivity index (χ2n) is 2.70. The summed E-state index contributed by atoms with van der Waals surface area (Å²) < 4.78 is 0. The summed E-state index contributed by atoms with van der Waals surface area (Å²) in [7, 11) is 0. The number of aliphatic imine (C=N–C) groups is 1. The Morgan fingerprint density at radius 2 is 2.33 bits per heavy atom. The van der Waals surface area contributed by atoms with Gasteiger partial charge < -0.3 is 10.6 Å². The van der Waals surface area contributed by atoms with Crippen LogP contribution in [0.15, 0.2) is 28.6 Å². The predicted octanol–water partition coefficient (Wildman–Crippen LogP) is 0.0925. The van der Waals surface area contributed by atoms with Gasteiger partial charge in [-0.15, -0.1) is 0 Å². The molecule has 0 fully saturated rings. The second kappa shape index (κ2) is 3.09. The van der Waals surface area contributed by atoms with E-state index in [1.165, 1.54) is 0 Å². The zero-order valence-electron chi connectivity index (χ0n) is 6.17. The first kappa shape index (κ1) is 8.10. The van der Waals surface area contributed by atoms with Crippen LogP contribution in [0.2, 0.25) is 0 Å². The number of nitrogens with one attached hydrogen (secondary N) is 1. The van der Waals surface area contributed by atoms with Gasteiger partial charge in [-0.3, -0.25) is 0 Å². The van der Waals surface area contributed by atoms with E-state index in [1.54, 1.807) is 0 Å². The topological polar surface area (TPSA) is 41.0 Å². The second-order valence-corrected chi connectivity index (χ2v) is 3.47. The molecule has 0 aromatic rings. The first-order valence-electron chi connectivity index (χ1n) is 3.65. The third-order valence-corrected chi connectivity index (χ3v) is 2.42. The van der Waals surface area contributed by atoms with Gasteiger partial charge >= 0.3 is 0 Å². The molecule has 0 bridgehead atoms. The molecule has 0 aromatic heterocycles. The highest BCUT2D eigenvalue weighted by atomic mass is 35.5. The molecule has 0 aliphatic carbocycles. The van der Waals surface area contributed by atoms with Gasteiger partial charge in [-0.1, -0.05) is 23.2 Å². The molecule has 0 saturated carbocycles. The van der Waals surface area contributed by atoms with Gasteiger partial charge in [-0.25, -0.2) is 4.99 Å². The molecular weight excluding hydrogens is 197 g/mol. The maximum atomic E-state index is 5.89. The molecule has 0 amide bonds. The van der Waals surface area contributed by atoms with Crippen molar-refractivity contribution in [2.45, 2.75) is 12.1 Å². The Morgan fingerprint density at radius 1 is 1.50 bits per heavy atom. The smallest absolute Gasteiger partial charge is 0.139 e. The highest BCUT2D eigenvalue weighted by Gasteiger charge is 2.31. The standard InChI is InChI=1S/C7H7Cl2N3/c8-5-3-4-6(7(9)12-5)11-2-1-10-4/h1-4,6,10-11H/p+1. The van der Waals surface area contributed by atoms with Gasteiger partial charge in [0.2, 0.25) is 0 Å². The van der Waals surface area contributed by atoms with Crippen LogP contribution in [-0.2, 0) is 0 Å². The Bertz CT molecular complexity index is 282. The number of hydrogen-bond acceptors (Lipinski definition) is 2. The predicted molar refractivity (Wildman–Crippen MR) is 49.0 cm³/mol. The monoisotopic (exact) mass is 204 g/mol. The van der Waals surface area contributed by atoms with Crippen molar-refractivity contribution < 1.29 is 5.32 Å². The maximum Gasteiger partial charge on any atom is 0.139 e. The van der Waals surface area contributed by atoms with E-state index in [1.807, 2.05) is 23.8 Å². The molecule has 5 heteroatoms. The van der Waals surface area contributed by atoms with Gasteiger partial charge in [-0.2, -0.15) is 0 Å². The molecule has 3 N–H and O–H groups in total. The lowest BCUT2D eigenvalue weighted by Crippen LogP contribution is -2.90. The SMILES string of the molecule is ClC1=CC2[NH2+]C=CNC2C(Cl)=N1. The number of nitrogens with two attached hydrogens (primary N) is 1. The molecule has 2 aliphatic rings. The van der Waals surface area contributed by atoms with Crippen molar-refractivity contribution in [3.8, 4) is 0 Å². The molecule has 12 heavy (non-hydrogen) atoms. The summed E-state index contributed by atoms with van der Waals surface area (Å²) in [6, 6.07) is 0.298. The van der Waals surface area contributed by atoms with E-state index < -0.39 is 0 Å². The largest absolute Gasteiger partial charge is 0.372 e. The number of hydrogen-bond donors (Lipinski definition) is 2. The van der Waals surface area contributed by atoms with Gasteiger partial charge in [0, 0.05) is 6.08 Å². The number of rotatable bonds is 0. The average molecular weight is 205 g/mol. The Morgan fingerprint density at radius 3 is 3.17 bits per heavy atom. The van der Waals surface area contributed by atoms with Crippen molar-refractivity contribution in [2.75, 3.05) is 0 Å². The summed E-state index contributed by atoms with van der Waals surface area (Å²) in [5.74, 6) is 0. The number of halogens is 2. The Balaban J connectivity index is 2.29. The fourth-order valence-corrected chi connectivity index (χ4v) is 1.89. The van der Waals surface area contributed by atoms with E-state index >= 15 is 0 Å². The van der Waals surface area contributed by atoms with Gasteiger partial charge in [0.15, 0.2) is 0 Å². The first-order chi connectivity index (χ1) is 5.77. The Kier molecular flexibility index (Phi) is 2.09. The summed E-state index contributed by atoms with van der Waals surface area (Å²) in [6.07, 6.45) is 5.68. The van der Waals surface area contributed by atoms with Crippen LogP contribution in [0.1, 0.15) is 0 Å². The molecular formula is C7H8Cl2N3+. The van der Waals surface area contributed by atoms with Crippen molar-refractivity contribution in [3.05, 3.63) is 23.6 Å². The van der Waals surface area contributed by atoms with Crippen LogP contribution in [0, 0.1) is 0 Å². The van der Waals surface area contributed by atoms with Gasteiger partial charge in [-0.05, 0) is 0 Å². The van der Waals surface area contributed by atoms with Crippen LogP contribution in [0.4, 0.5) is 0 Å². The lowest BCUT2D eigenvalue weighted by atomic mass is 10.1. The van der Waals surface area contributed by atoms with Crippen molar-refractivity contribution >= 4 is 28.4 Å². The van der Waals surface area contributed by atoms with Crippen LogP contribution >= 0.6 is 23.2 Å². The van der Waals surface area contributed by atoms with Gasteiger partial charge in [0.25, 0.3) is 0 Å². The molecule has 2 rings (SSSR count). The molecule has 0 spiro atoms. The summed E-state index contributed by atoms with van der Waals surface area (Å²) in [6.45, 7) is 0. The van der Waals surface area contributed by atoms with Crippen LogP contribution < -0.4 is 10.6 Å². The van der Waals surface area contributed by atoms with Crippen LogP contribution in [0.5, 0.6) is 0 Å². The minimum absolute atomic E-state index is 0.0687. The molecule has 2 unspecified atom stereocenters. The maximum absolute atomic E-state index is 5.89. The molecule has 0 aromatic carbocycles. The zero-order valence-corrected chi connectivity index (χ0v) is 7.68. The molecule has 3 nitrogen and oxygen atoms in total. The number of quaternary nitrogens is 1. The molecule has 2 heterocycles. The summed E-state index contributed by atoms with van der Waals surface area (Å²) in [5.41, 5.74) is 0. The van der Waals surface area contributed by atoms with E-state index in [2.05, 4.69) is 10.3 Å². The molecule has 2 atom stereocenters. The Hall–Kier alpha value is -0.510. The third kappa shape index (κ3) is 1.35. The average Bonchev–Trinajstić information content (AvgIpc) is 2.04. The van der Waals surface area contributed by atoms with E-state index in [-0.39, 0.29) is 12.1 Å². The van der Waals surface area contributed by atoms with Crippen molar-refractivity contribution in [3.63, 3.8) is 0 Å². The van der Waals surface area contributed by atoms with Crippen LogP contribution in [0.25, 0.3) is 0 Å². The Labute approximate surface area is 80.1 Å². The van der Waals surface area contributed by atoms with Gasteiger partial charge in [0.05, 0.1) is 6.20 Å². The molecule has 64 valence electrons. The minimum Gasteiger partial charge on any atom is -0.372 e. The lowest BCUT2D eigenvalue weighted by molar-refractivity contribution is -0.619. The van der Waals surface area contributed by atoms with E-state index in [4.69, 9.17) is 23.2 Å². The summed E-state index contributed by atoms with van der Waals surface area (Å²) >= 11 is 11.6. The van der Waals surface area contributed by atoms with E-state index in [0.29, 0.717) is 10.3 Å². The lowest BCUT2D eigenvalue weighted by Gasteiger charge is -2.26. The molecule has 0 saturated heterocycles. The minimum atomic E-state index is 0.0687. The molecule has 0 radical (unpaired) electrons. The first-order valence-corrected chi connectivity index (χ1v) is 4.40. The fraction of sp³-hybridized carbons (Fsp3) is 0.286. The third-order valence-electron chi connectivity index (χ3n) is 1.89. The highest BCUT2D eigenvalue weighted by Crippen LogP contribution is 2.16. The van der Waals surface area contributed by atoms with Crippen LogP contribution in [-0.4, -0.2) is 17.3 Å². The van der Waals surface area contributed by atoms with Crippen molar-refractivity contribution in [1.82, 2.24) is 5.32 Å². The zero-order chi connectivity index (χ0) is 8.55. The fourth-order valence-electron chi connectivity index (χ4n) is 1.31. The van der Waals surface area contributed by atoms with Crippen molar-refractivity contribution in [2.24, 2.45) is 4.99 Å². The number of nitrogens with zero attached hydrogens (tertiary/aromatic N) is 1. The van der Waals surface area contributed by atoms with E-state index in [9.17, 15) is 0 Å². The number of fused-ring (bicyclic) bond motifs is 1. The highest BCUT2D eigenvalue weighted by molar-refractivity contribution is 6.67. The van der Waals surface area contributed by atoms with Gasteiger partial charge in [0.1, 0.15) is 28.6 Å². The van der Waals surface area contributed by atoms with E-state index in [0.717, 1.165) is 0 Å². The summed E-state index contributed by atoms with van der Waals surface area (Å²) in [5, 5.41) is 6.14. The van der Waals surface area contributed by atoms with Crippen molar-refractivity contribution in [1.29, 1.82) is 0 Å². The molecule has 2 aliphatic heterocycles. The van der Waals surface area contributed by atoms with Crippen LogP contribution in [0.3, 0.4) is 0 Å². The quantitative estimate of drug-likeness (QED) is 0.541.